The number of halogens is 1. The van der Waals surface area contributed by atoms with Gasteiger partial charge in [-0.3, -0.25) is 10.2 Å². The van der Waals surface area contributed by atoms with Gasteiger partial charge in [0.15, 0.2) is 5.82 Å². The zero-order chi connectivity index (χ0) is 35.2. The van der Waals surface area contributed by atoms with Crippen molar-refractivity contribution in [2.24, 2.45) is 0 Å². The van der Waals surface area contributed by atoms with Crippen molar-refractivity contribution in [3.8, 4) is 40.1 Å². The van der Waals surface area contributed by atoms with E-state index in [1.165, 1.54) is 18.2 Å². The molecule has 0 spiro atoms. The van der Waals surface area contributed by atoms with E-state index in [0.29, 0.717) is 49.1 Å². The second-order valence-electron chi connectivity index (χ2n) is 13.6. The minimum Gasteiger partial charge on any atom is -0.508 e. The Morgan fingerprint density at radius 3 is 2.54 bits per heavy atom. The maximum Gasteiger partial charge on any atom is 0.324 e. The molecule has 1 aliphatic heterocycles. The summed E-state index contributed by atoms with van der Waals surface area (Å²) in [4.78, 5) is 15.6. The van der Waals surface area contributed by atoms with Crippen molar-refractivity contribution in [3.63, 3.8) is 0 Å². The number of hydrogen-bond donors (Lipinski definition) is 5. The number of phenols is 3. The molecule has 0 atom stereocenters. The molecule has 0 bridgehead atoms. The Morgan fingerprint density at radius 1 is 0.940 bits per heavy atom. The molecule has 0 fully saturated rings. The Hall–Kier alpha value is -5.27. The molecule has 7 rings (SSSR count). The molecule has 0 radical (unpaired) electrons. The fourth-order valence-electron chi connectivity index (χ4n) is 6.45. The zero-order valence-corrected chi connectivity index (χ0v) is 28.8. The fraction of sp³-hybridized carbons (Fsp3) is 0.333. The monoisotopic (exact) mass is 698 g/mol. The first-order chi connectivity index (χ1) is 23.9. The van der Waals surface area contributed by atoms with Crippen molar-refractivity contribution in [1.29, 1.82) is 0 Å². The van der Waals surface area contributed by atoms with Crippen LogP contribution in [0.5, 0.6) is 23.0 Å². The van der Waals surface area contributed by atoms with Gasteiger partial charge in [-0.1, -0.05) is 32.4 Å². The van der Waals surface area contributed by atoms with Crippen molar-refractivity contribution in [1.82, 2.24) is 29.4 Å². The predicted octanol–water partition coefficient (Wildman–Crippen LogP) is 6.23. The number of aromatic nitrogens is 5. The Labute approximate surface area is 294 Å². The quantitative estimate of drug-likeness (QED) is 0.127. The molecule has 5 aromatic rings. The molecule has 14 heteroatoms. The number of urea groups is 1. The van der Waals surface area contributed by atoms with Crippen LogP contribution in [0.25, 0.3) is 17.1 Å². The van der Waals surface area contributed by atoms with Crippen molar-refractivity contribution in [2.45, 2.75) is 58.5 Å². The van der Waals surface area contributed by atoms with Crippen LogP contribution >= 0.6 is 11.6 Å². The molecule has 3 aromatic carbocycles. The summed E-state index contributed by atoms with van der Waals surface area (Å²) in [5.41, 5.74) is 4.57. The van der Waals surface area contributed by atoms with Crippen molar-refractivity contribution in [3.05, 3.63) is 82.3 Å². The Morgan fingerprint density at radius 2 is 1.76 bits per heavy atom. The number of ether oxygens (including phenoxy) is 1. The van der Waals surface area contributed by atoms with Gasteiger partial charge in [-0.25, -0.2) is 9.48 Å². The zero-order valence-electron chi connectivity index (χ0n) is 28.1. The number of nitrogens with zero attached hydrogens (tertiary/aromatic N) is 6. The van der Waals surface area contributed by atoms with Gasteiger partial charge in [-0.15, -0.1) is 10.2 Å². The molecule has 1 aliphatic carbocycles. The van der Waals surface area contributed by atoms with Gasteiger partial charge in [-0.05, 0) is 72.9 Å². The van der Waals surface area contributed by atoms with E-state index in [2.05, 4.69) is 25.7 Å². The second kappa shape index (κ2) is 13.2. The van der Waals surface area contributed by atoms with E-state index in [1.54, 1.807) is 22.9 Å². The number of hydrogen-bond acceptors (Lipinski definition) is 9. The molecule has 3 heterocycles. The van der Waals surface area contributed by atoms with E-state index >= 15 is 0 Å². The van der Waals surface area contributed by atoms with Gasteiger partial charge in [0.05, 0.1) is 28.5 Å². The van der Waals surface area contributed by atoms with Crippen LogP contribution < -0.4 is 15.4 Å². The van der Waals surface area contributed by atoms with E-state index in [-0.39, 0.29) is 27.7 Å². The number of phenolic OH excluding ortho intramolecular Hbond substituents is 3. The van der Waals surface area contributed by atoms with E-state index in [1.807, 2.05) is 43.5 Å². The Bertz CT molecular complexity index is 2090. The summed E-state index contributed by atoms with van der Waals surface area (Å²) in [5.74, 6) is 2.59. The van der Waals surface area contributed by atoms with Gasteiger partial charge in [0.2, 0.25) is 0 Å². The molecule has 260 valence electrons. The van der Waals surface area contributed by atoms with Crippen molar-refractivity contribution >= 4 is 29.1 Å². The van der Waals surface area contributed by atoms with Gasteiger partial charge >= 0.3 is 6.03 Å². The summed E-state index contributed by atoms with van der Waals surface area (Å²) < 4.78 is 9.91. The van der Waals surface area contributed by atoms with Crippen molar-refractivity contribution in [2.75, 3.05) is 30.3 Å². The maximum atomic E-state index is 13.4. The molecule has 13 nitrogen and oxygen atoms in total. The third-order valence-electron chi connectivity index (χ3n) is 9.10. The van der Waals surface area contributed by atoms with Gasteiger partial charge in [0.1, 0.15) is 41.2 Å². The van der Waals surface area contributed by atoms with Gasteiger partial charge < -0.3 is 29.9 Å². The number of fused-ring (bicyclic) bond motifs is 2. The first-order valence-electron chi connectivity index (χ1n) is 16.6. The van der Waals surface area contributed by atoms with Gasteiger partial charge in [-0.2, -0.15) is 5.10 Å². The lowest BCUT2D eigenvalue weighted by Gasteiger charge is -2.27. The van der Waals surface area contributed by atoms with Crippen LogP contribution in [0.15, 0.2) is 54.6 Å². The molecule has 2 aromatic heterocycles. The van der Waals surface area contributed by atoms with Crippen LogP contribution in [0.4, 0.5) is 16.3 Å². The molecule has 2 amide bonds. The van der Waals surface area contributed by atoms with Gasteiger partial charge in [0, 0.05) is 42.9 Å². The first kappa shape index (κ1) is 33.2. The Balaban J connectivity index is 0.995. The molecule has 0 unspecified atom stereocenters. The number of anilines is 2. The number of amides is 2. The normalized spacial score (nSPS) is 14.3. The third kappa shape index (κ3) is 6.66. The number of aromatic hydroxyl groups is 3. The minimum atomic E-state index is -0.402. The van der Waals surface area contributed by atoms with Crippen LogP contribution in [0.2, 0.25) is 5.02 Å². The molecule has 0 saturated carbocycles. The maximum absolute atomic E-state index is 13.4. The lowest BCUT2D eigenvalue weighted by atomic mass is 9.92. The van der Waals surface area contributed by atoms with E-state index in [9.17, 15) is 20.1 Å². The first-order valence-corrected chi connectivity index (χ1v) is 16.9. The summed E-state index contributed by atoms with van der Waals surface area (Å²) in [7, 11) is 0. The standard InChI is InChI=1S/C36H39ClN8O5/c1-36(2,3)31-19-32(45(42-31)21-7-11-28(47)26(37)17-21)39-35(49)38-27-10-12-30(24-6-4-5-23(24)27)50-16-15-43-13-14-44-33(20-43)40-41-34(44)25-9-8-22(46)18-29(25)48/h7-12,17-19,46-48H,4-6,13-16,20H2,1-3H3,(H2,38,39,49). The highest BCUT2D eigenvalue weighted by atomic mass is 35.5. The highest BCUT2D eigenvalue weighted by Crippen LogP contribution is 2.37. The SMILES string of the molecule is CC(C)(C)c1cc(NC(=O)Nc2ccc(OCCN3CCn4c(nnc4-c4ccc(O)cc4O)C3)c3c2CCC3)n(-c2ccc(O)c(Cl)c2)n1. The van der Waals surface area contributed by atoms with E-state index < -0.39 is 6.03 Å². The summed E-state index contributed by atoms with van der Waals surface area (Å²) in [6, 6.07) is 14.5. The number of carbonyl (C=O) groups excluding carboxylic acids is 1. The summed E-state index contributed by atoms with van der Waals surface area (Å²) in [6.07, 6.45) is 2.67. The summed E-state index contributed by atoms with van der Waals surface area (Å²) in [6.45, 7) is 9.35. The smallest absolute Gasteiger partial charge is 0.324 e. The van der Waals surface area contributed by atoms with E-state index in [0.717, 1.165) is 59.9 Å². The van der Waals surface area contributed by atoms with Crippen LogP contribution in [-0.2, 0) is 31.3 Å². The van der Waals surface area contributed by atoms with Crippen LogP contribution in [0.3, 0.4) is 0 Å². The average molecular weight is 699 g/mol. The number of nitrogens with one attached hydrogen (secondary N) is 2. The van der Waals surface area contributed by atoms with Crippen LogP contribution in [-0.4, -0.2) is 70.5 Å². The highest BCUT2D eigenvalue weighted by molar-refractivity contribution is 6.32. The summed E-state index contributed by atoms with van der Waals surface area (Å²) in [5, 5.41) is 49.5. The number of rotatable bonds is 8. The molecular formula is C36H39ClN8O5. The summed E-state index contributed by atoms with van der Waals surface area (Å²) >= 11 is 6.19. The fourth-order valence-corrected chi connectivity index (χ4v) is 6.62. The van der Waals surface area contributed by atoms with Crippen LogP contribution in [0, 0.1) is 0 Å². The molecule has 5 N–H and O–H groups in total. The lowest BCUT2D eigenvalue weighted by Crippen LogP contribution is -2.36. The molecule has 0 saturated heterocycles. The largest absolute Gasteiger partial charge is 0.508 e. The third-order valence-corrected chi connectivity index (χ3v) is 9.41. The molecule has 50 heavy (non-hydrogen) atoms. The van der Waals surface area contributed by atoms with Gasteiger partial charge in [0.25, 0.3) is 0 Å². The average Bonchev–Trinajstić information content (AvgIpc) is 3.82. The van der Waals surface area contributed by atoms with Crippen LogP contribution in [0.1, 0.15) is 49.8 Å². The molecule has 2 aliphatic rings. The Kier molecular flexibility index (Phi) is 8.78. The van der Waals surface area contributed by atoms with Crippen molar-refractivity contribution < 1.29 is 24.9 Å². The second-order valence-corrected chi connectivity index (χ2v) is 14.0. The van der Waals surface area contributed by atoms with E-state index in [4.69, 9.17) is 21.4 Å². The lowest BCUT2D eigenvalue weighted by molar-refractivity contribution is 0.174. The highest BCUT2D eigenvalue weighted by Gasteiger charge is 2.26. The number of benzene rings is 3. The molecular weight excluding hydrogens is 660 g/mol. The number of carbonyl (C=O) groups is 1. The topological polar surface area (TPSA) is 163 Å². The predicted molar refractivity (Wildman–Crippen MR) is 190 cm³/mol. The minimum absolute atomic E-state index is 0.00838.